The Kier molecular flexibility index (Phi) is 6.10. The van der Waals surface area contributed by atoms with E-state index in [0.29, 0.717) is 11.5 Å². The molecule has 8 heteroatoms. The Bertz CT molecular complexity index is 1350. The van der Waals surface area contributed by atoms with Crippen LogP contribution in [0.3, 0.4) is 0 Å². The number of nitrogens with one attached hydrogen (secondary N) is 1. The first kappa shape index (κ1) is 21.2. The average molecular weight is 458 g/mol. The quantitative estimate of drug-likeness (QED) is 0.307. The van der Waals surface area contributed by atoms with E-state index in [1.165, 1.54) is 10.4 Å². The minimum absolute atomic E-state index is 0.0998. The van der Waals surface area contributed by atoms with Crippen molar-refractivity contribution in [1.82, 2.24) is 19.9 Å². The molecule has 0 fully saturated rings. The van der Waals surface area contributed by atoms with Crippen molar-refractivity contribution in [1.29, 1.82) is 0 Å². The predicted octanol–water partition coefficient (Wildman–Crippen LogP) is 5.25. The van der Waals surface area contributed by atoms with Crippen molar-refractivity contribution in [3.63, 3.8) is 0 Å². The van der Waals surface area contributed by atoms with Crippen LogP contribution < -0.4 is 5.32 Å². The van der Waals surface area contributed by atoms with Crippen LogP contribution in [0.15, 0.2) is 65.7 Å². The van der Waals surface area contributed by atoms with Crippen molar-refractivity contribution in [3.05, 3.63) is 77.5 Å². The lowest BCUT2D eigenvalue weighted by atomic mass is 10.1. The highest BCUT2D eigenvalue weighted by Gasteiger charge is 2.12. The van der Waals surface area contributed by atoms with Gasteiger partial charge >= 0.3 is 0 Å². The summed E-state index contributed by atoms with van der Waals surface area (Å²) in [7, 11) is 0. The molecule has 0 aliphatic rings. The predicted molar refractivity (Wildman–Crippen MR) is 130 cm³/mol. The molecule has 0 spiro atoms. The number of anilines is 1. The molecule has 4 aromatic heterocycles. The minimum Gasteiger partial charge on any atom is -0.472 e. The number of nitrogens with zero attached hydrogens (tertiary/aromatic N) is 4. The van der Waals surface area contributed by atoms with Crippen LogP contribution in [0, 0.1) is 6.92 Å². The Balaban J connectivity index is 1.23. The van der Waals surface area contributed by atoms with Gasteiger partial charge in [0.25, 0.3) is 0 Å². The fourth-order valence-electron chi connectivity index (χ4n) is 3.62. The SMILES string of the molecule is Cc1cc2c(NCCCc3ccc(-c4cnc(CO)cn4)cc3)nc(-c3ccoc3)nc2s1. The maximum atomic E-state index is 9.10. The molecule has 0 bridgehead atoms. The molecule has 0 radical (unpaired) electrons. The zero-order valence-corrected chi connectivity index (χ0v) is 19.0. The van der Waals surface area contributed by atoms with Gasteiger partial charge < -0.3 is 14.8 Å². The molecule has 0 saturated heterocycles. The van der Waals surface area contributed by atoms with Crippen molar-refractivity contribution < 1.29 is 9.52 Å². The fourth-order valence-corrected chi connectivity index (χ4v) is 4.50. The number of hydrogen-bond donors (Lipinski definition) is 2. The summed E-state index contributed by atoms with van der Waals surface area (Å²) in [5.41, 5.74) is 4.52. The van der Waals surface area contributed by atoms with Crippen LogP contribution in [0.5, 0.6) is 0 Å². The van der Waals surface area contributed by atoms with Crippen molar-refractivity contribution >= 4 is 27.4 Å². The molecular weight excluding hydrogens is 434 g/mol. The van der Waals surface area contributed by atoms with Gasteiger partial charge in [0, 0.05) is 17.0 Å². The summed E-state index contributed by atoms with van der Waals surface area (Å²) in [5, 5.41) is 13.7. The monoisotopic (exact) mass is 457 g/mol. The van der Waals surface area contributed by atoms with Gasteiger partial charge in [0.15, 0.2) is 5.82 Å². The Hall–Kier alpha value is -3.62. The van der Waals surface area contributed by atoms with E-state index in [1.807, 2.05) is 6.07 Å². The van der Waals surface area contributed by atoms with Crippen LogP contribution in [0.2, 0.25) is 0 Å². The largest absolute Gasteiger partial charge is 0.472 e. The number of fused-ring (bicyclic) bond motifs is 1. The normalized spacial score (nSPS) is 11.2. The molecule has 0 aliphatic carbocycles. The summed E-state index contributed by atoms with van der Waals surface area (Å²) < 4.78 is 5.21. The van der Waals surface area contributed by atoms with Gasteiger partial charge in [0.05, 0.1) is 47.6 Å². The fraction of sp³-hybridized carbons (Fsp3) is 0.200. The first-order valence-electron chi connectivity index (χ1n) is 10.8. The molecule has 4 heterocycles. The zero-order chi connectivity index (χ0) is 22.6. The molecule has 5 rings (SSSR count). The summed E-state index contributed by atoms with van der Waals surface area (Å²) in [6.07, 6.45) is 8.52. The standard InChI is InChI=1S/C25H23N5O2S/c1-16-11-21-24(29-23(30-25(21)33-16)19-8-10-32-15-19)26-9-2-3-17-4-6-18(7-5-17)22-13-27-20(14-31)12-28-22/h4-8,10-13,15,31H,2-3,9,14H2,1H3,(H,26,29,30). The van der Waals surface area contributed by atoms with Gasteiger partial charge in [0.2, 0.25) is 0 Å². The van der Waals surface area contributed by atoms with E-state index in [4.69, 9.17) is 19.5 Å². The molecule has 0 amide bonds. The first-order chi connectivity index (χ1) is 16.2. The maximum absolute atomic E-state index is 9.10. The Morgan fingerprint density at radius 1 is 1.03 bits per heavy atom. The number of hydrogen-bond acceptors (Lipinski definition) is 8. The second kappa shape index (κ2) is 9.48. The van der Waals surface area contributed by atoms with Gasteiger partial charge in [-0.3, -0.25) is 9.97 Å². The maximum Gasteiger partial charge on any atom is 0.166 e. The van der Waals surface area contributed by atoms with Crippen LogP contribution in [0.25, 0.3) is 32.9 Å². The second-order valence-electron chi connectivity index (χ2n) is 7.76. The number of furan rings is 1. The van der Waals surface area contributed by atoms with Gasteiger partial charge in [-0.1, -0.05) is 24.3 Å². The van der Waals surface area contributed by atoms with Gasteiger partial charge in [-0.2, -0.15) is 0 Å². The Morgan fingerprint density at radius 3 is 2.64 bits per heavy atom. The number of aromatic nitrogens is 4. The molecule has 0 aliphatic heterocycles. The van der Waals surface area contributed by atoms with Gasteiger partial charge in [-0.15, -0.1) is 11.3 Å². The van der Waals surface area contributed by atoms with Gasteiger partial charge in [-0.25, -0.2) is 9.97 Å². The molecule has 166 valence electrons. The third-order valence-electron chi connectivity index (χ3n) is 5.35. The van der Waals surface area contributed by atoms with Crippen LogP contribution in [0.1, 0.15) is 22.6 Å². The van der Waals surface area contributed by atoms with Crippen molar-refractivity contribution in [2.24, 2.45) is 0 Å². The van der Waals surface area contributed by atoms with E-state index in [1.54, 1.807) is 36.3 Å². The van der Waals surface area contributed by atoms with Gasteiger partial charge in [-0.05, 0) is 37.5 Å². The van der Waals surface area contributed by atoms with E-state index in [9.17, 15) is 0 Å². The summed E-state index contributed by atoms with van der Waals surface area (Å²) >= 11 is 1.67. The Labute approximate surface area is 195 Å². The lowest BCUT2D eigenvalue weighted by Crippen LogP contribution is -2.06. The summed E-state index contributed by atoms with van der Waals surface area (Å²) in [6, 6.07) is 12.4. The molecule has 0 atom stereocenters. The van der Waals surface area contributed by atoms with E-state index in [2.05, 4.69) is 52.5 Å². The average Bonchev–Trinajstić information content (AvgIpc) is 3.51. The summed E-state index contributed by atoms with van der Waals surface area (Å²) in [4.78, 5) is 20.2. The molecule has 0 saturated carbocycles. The van der Waals surface area contributed by atoms with E-state index < -0.39 is 0 Å². The number of aliphatic hydroxyl groups is 1. The molecule has 7 nitrogen and oxygen atoms in total. The molecule has 2 N–H and O–H groups in total. The van der Waals surface area contributed by atoms with Crippen LogP contribution in [0.4, 0.5) is 5.82 Å². The lowest BCUT2D eigenvalue weighted by molar-refractivity contribution is 0.276. The van der Waals surface area contributed by atoms with Crippen LogP contribution in [-0.2, 0) is 13.0 Å². The van der Waals surface area contributed by atoms with Crippen molar-refractivity contribution in [2.45, 2.75) is 26.4 Å². The molecule has 33 heavy (non-hydrogen) atoms. The minimum atomic E-state index is -0.0998. The zero-order valence-electron chi connectivity index (χ0n) is 18.2. The van der Waals surface area contributed by atoms with Crippen LogP contribution >= 0.6 is 11.3 Å². The molecule has 1 aromatic carbocycles. The topological polar surface area (TPSA) is 97.0 Å². The lowest BCUT2D eigenvalue weighted by Gasteiger charge is -2.09. The third-order valence-corrected chi connectivity index (χ3v) is 6.29. The summed E-state index contributed by atoms with van der Waals surface area (Å²) in [5.74, 6) is 1.53. The van der Waals surface area contributed by atoms with E-state index >= 15 is 0 Å². The number of aryl methyl sites for hydroxylation is 2. The van der Waals surface area contributed by atoms with Crippen LogP contribution in [-0.4, -0.2) is 31.6 Å². The number of rotatable bonds is 8. The van der Waals surface area contributed by atoms with E-state index in [0.717, 1.165) is 52.2 Å². The molecule has 0 unspecified atom stereocenters. The highest BCUT2D eigenvalue weighted by molar-refractivity contribution is 7.18. The van der Waals surface area contributed by atoms with E-state index in [-0.39, 0.29) is 6.61 Å². The number of aliphatic hydroxyl groups excluding tert-OH is 1. The number of thiophene rings is 1. The van der Waals surface area contributed by atoms with Crippen molar-refractivity contribution in [3.8, 4) is 22.6 Å². The molecule has 5 aromatic rings. The second-order valence-corrected chi connectivity index (χ2v) is 9.00. The Morgan fingerprint density at radius 2 is 1.91 bits per heavy atom. The number of benzene rings is 1. The summed E-state index contributed by atoms with van der Waals surface area (Å²) in [6.45, 7) is 2.79. The highest BCUT2D eigenvalue weighted by atomic mass is 32.1. The highest BCUT2D eigenvalue weighted by Crippen LogP contribution is 2.31. The third kappa shape index (κ3) is 4.76. The smallest absolute Gasteiger partial charge is 0.166 e. The first-order valence-corrected chi connectivity index (χ1v) is 11.6. The van der Waals surface area contributed by atoms with Gasteiger partial charge in [0.1, 0.15) is 16.9 Å². The van der Waals surface area contributed by atoms with Crippen molar-refractivity contribution in [2.75, 3.05) is 11.9 Å². The molecular formula is C25H23N5O2S.